The van der Waals surface area contributed by atoms with Gasteiger partial charge in [0.1, 0.15) is 5.76 Å². The first kappa shape index (κ1) is 33.8. The zero-order valence-electron chi connectivity index (χ0n) is 31.7. The van der Waals surface area contributed by atoms with E-state index < -0.39 is 0 Å². The van der Waals surface area contributed by atoms with E-state index in [0.29, 0.717) is 0 Å². The van der Waals surface area contributed by atoms with E-state index in [-0.39, 0.29) is 17.7 Å². The molecule has 0 saturated heterocycles. The zero-order valence-corrected chi connectivity index (χ0v) is 31.7. The number of allylic oxidation sites excluding steroid dienone is 1. The molecule has 1 aliphatic rings. The Morgan fingerprint density at radius 1 is 0.414 bits per heavy atom. The van der Waals surface area contributed by atoms with Gasteiger partial charge in [-0.25, -0.2) is 0 Å². The number of hydrogen-bond donors (Lipinski definition) is 2. The number of anilines is 1. The van der Waals surface area contributed by atoms with Crippen LogP contribution in [0, 0.1) is 0 Å². The molecule has 276 valence electrons. The van der Waals surface area contributed by atoms with Crippen LogP contribution in [0.3, 0.4) is 0 Å². The average molecular weight is 746 g/mol. The first-order chi connectivity index (χ1) is 28.7. The number of aromatic nitrogens is 2. The van der Waals surface area contributed by atoms with E-state index in [1.54, 1.807) is 6.08 Å². The van der Waals surface area contributed by atoms with Gasteiger partial charge in [0, 0.05) is 44.5 Å². The Balaban J connectivity index is 0.865. The number of rotatable bonds is 7. The summed E-state index contributed by atoms with van der Waals surface area (Å²) in [5, 5.41) is 19.4. The molecule has 58 heavy (non-hydrogen) atoms. The van der Waals surface area contributed by atoms with Crippen LogP contribution >= 0.6 is 0 Å². The molecule has 11 rings (SSSR count). The molecule has 0 bridgehead atoms. The van der Waals surface area contributed by atoms with Crippen molar-refractivity contribution in [1.29, 1.82) is 0 Å². The molecule has 4 heteroatoms. The Kier molecular flexibility index (Phi) is 8.07. The highest BCUT2D eigenvalue weighted by Gasteiger charge is 2.23. The van der Waals surface area contributed by atoms with Gasteiger partial charge in [-0.2, -0.15) is 0 Å². The molecule has 4 nitrogen and oxygen atoms in total. The van der Waals surface area contributed by atoms with Crippen LogP contribution in [0.5, 0.6) is 0 Å². The van der Waals surface area contributed by atoms with Crippen molar-refractivity contribution in [3.05, 3.63) is 224 Å². The van der Waals surface area contributed by atoms with Crippen LogP contribution in [0.4, 0.5) is 5.69 Å². The summed E-state index contributed by atoms with van der Waals surface area (Å²) in [5.74, 6) is 0.235. The molecule has 0 fully saturated rings. The van der Waals surface area contributed by atoms with E-state index >= 15 is 0 Å². The molecule has 0 saturated carbocycles. The zero-order chi connectivity index (χ0) is 38.6. The summed E-state index contributed by atoms with van der Waals surface area (Å²) in [6.45, 7) is 0. The highest BCUT2D eigenvalue weighted by molar-refractivity contribution is 6.11. The van der Waals surface area contributed by atoms with Gasteiger partial charge in [-0.3, -0.25) is 0 Å². The lowest BCUT2D eigenvalue weighted by Gasteiger charge is -2.27. The summed E-state index contributed by atoms with van der Waals surface area (Å²) in [6, 6.07) is 69.5. The van der Waals surface area contributed by atoms with Crippen molar-refractivity contribution < 1.29 is 5.11 Å². The Hall–Kier alpha value is -7.56. The highest BCUT2D eigenvalue weighted by Crippen LogP contribution is 2.38. The molecule has 2 unspecified atom stereocenters. The predicted molar refractivity (Wildman–Crippen MR) is 242 cm³/mol. The topological polar surface area (TPSA) is 42.1 Å². The van der Waals surface area contributed by atoms with Crippen molar-refractivity contribution in [2.24, 2.45) is 0 Å². The minimum Gasteiger partial charge on any atom is -0.508 e. The second-order valence-electron chi connectivity index (χ2n) is 15.2. The normalized spacial score (nSPS) is 15.3. The molecule has 2 atom stereocenters. The van der Waals surface area contributed by atoms with E-state index in [1.165, 1.54) is 54.7 Å². The highest BCUT2D eigenvalue weighted by atomic mass is 16.3. The first-order valence-corrected chi connectivity index (χ1v) is 19.9. The maximum absolute atomic E-state index is 10.6. The Labute approximate surface area is 336 Å². The SMILES string of the molecule is OC1=CC(c2ccc(-c3ccc4c(c3)c3ccccc3n4-c3ccccc3)cc2)C(Nc2ccc(-c3ccc4c5ccccc5n(-c5ccccc5)c4c3)cc2)C=C1. The Morgan fingerprint density at radius 3 is 1.59 bits per heavy atom. The third-order valence-corrected chi connectivity index (χ3v) is 11.8. The van der Waals surface area contributed by atoms with E-state index in [1.807, 2.05) is 6.08 Å². The van der Waals surface area contributed by atoms with Crippen LogP contribution in [-0.2, 0) is 0 Å². The molecule has 0 aliphatic heterocycles. The van der Waals surface area contributed by atoms with Crippen LogP contribution in [0.2, 0.25) is 0 Å². The maximum Gasteiger partial charge on any atom is 0.112 e. The number of benzene rings is 8. The molecule has 0 radical (unpaired) electrons. The molecular formula is C54H39N3O. The van der Waals surface area contributed by atoms with Gasteiger partial charge in [-0.05, 0) is 107 Å². The lowest BCUT2D eigenvalue weighted by atomic mass is 9.86. The molecule has 0 spiro atoms. The molecule has 8 aromatic carbocycles. The van der Waals surface area contributed by atoms with Crippen LogP contribution in [-0.4, -0.2) is 20.3 Å². The summed E-state index contributed by atoms with van der Waals surface area (Å²) in [5.41, 5.74) is 13.9. The quantitative estimate of drug-likeness (QED) is 0.171. The Bertz CT molecular complexity index is 3190. The predicted octanol–water partition coefficient (Wildman–Crippen LogP) is 13.8. The maximum atomic E-state index is 10.6. The van der Waals surface area contributed by atoms with Crippen molar-refractivity contribution in [3.63, 3.8) is 0 Å². The van der Waals surface area contributed by atoms with Crippen molar-refractivity contribution in [1.82, 2.24) is 9.13 Å². The molecule has 2 aromatic heterocycles. The fourth-order valence-electron chi connectivity index (χ4n) is 8.97. The first-order valence-electron chi connectivity index (χ1n) is 19.9. The van der Waals surface area contributed by atoms with Gasteiger partial charge in [-0.15, -0.1) is 0 Å². The number of nitrogens with zero attached hydrogens (tertiary/aromatic N) is 2. The number of aliphatic hydroxyl groups is 1. The summed E-state index contributed by atoms with van der Waals surface area (Å²) in [4.78, 5) is 0. The lowest BCUT2D eigenvalue weighted by Crippen LogP contribution is -2.26. The van der Waals surface area contributed by atoms with Crippen LogP contribution < -0.4 is 5.32 Å². The monoisotopic (exact) mass is 745 g/mol. The second kappa shape index (κ2) is 13.9. The molecule has 10 aromatic rings. The molecular weight excluding hydrogens is 707 g/mol. The van der Waals surface area contributed by atoms with E-state index in [9.17, 15) is 5.11 Å². The van der Waals surface area contributed by atoms with E-state index in [2.05, 4.69) is 215 Å². The van der Waals surface area contributed by atoms with Crippen molar-refractivity contribution in [2.45, 2.75) is 12.0 Å². The summed E-state index contributed by atoms with van der Waals surface area (Å²) < 4.78 is 4.71. The molecule has 0 amide bonds. The fraction of sp³-hybridized carbons (Fsp3) is 0.0370. The van der Waals surface area contributed by atoms with Gasteiger partial charge >= 0.3 is 0 Å². The number of para-hydroxylation sites is 4. The van der Waals surface area contributed by atoms with Crippen molar-refractivity contribution in [2.75, 3.05) is 5.32 Å². The van der Waals surface area contributed by atoms with Gasteiger partial charge in [0.15, 0.2) is 0 Å². The van der Waals surface area contributed by atoms with Gasteiger partial charge in [0.2, 0.25) is 0 Å². The average Bonchev–Trinajstić information content (AvgIpc) is 3.80. The number of hydrogen-bond acceptors (Lipinski definition) is 2. The van der Waals surface area contributed by atoms with Gasteiger partial charge in [0.25, 0.3) is 0 Å². The van der Waals surface area contributed by atoms with Gasteiger partial charge in [0.05, 0.1) is 28.1 Å². The van der Waals surface area contributed by atoms with Crippen LogP contribution in [0.25, 0.3) is 77.2 Å². The molecule has 2 N–H and O–H groups in total. The summed E-state index contributed by atoms with van der Waals surface area (Å²) >= 11 is 0. The van der Waals surface area contributed by atoms with Crippen molar-refractivity contribution >= 4 is 49.3 Å². The number of fused-ring (bicyclic) bond motifs is 6. The third-order valence-electron chi connectivity index (χ3n) is 11.8. The number of nitrogens with one attached hydrogen (secondary N) is 1. The van der Waals surface area contributed by atoms with Gasteiger partial charge < -0.3 is 19.6 Å². The van der Waals surface area contributed by atoms with Gasteiger partial charge in [-0.1, -0.05) is 133 Å². The summed E-state index contributed by atoms with van der Waals surface area (Å²) in [6.07, 6.45) is 5.81. The summed E-state index contributed by atoms with van der Waals surface area (Å²) in [7, 11) is 0. The van der Waals surface area contributed by atoms with E-state index in [4.69, 9.17) is 0 Å². The van der Waals surface area contributed by atoms with Crippen LogP contribution in [0.1, 0.15) is 11.5 Å². The minimum atomic E-state index is -0.0487. The standard InChI is InChI=1S/C54H39N3O/c58-44-29-31-50(55-41-27-23-37(24-28-41)40-25-30-47-45-15-7-9-17-51(45)57(54(47)34-40)43-13-5-2-6-14-43)48(35-44)38-21-19-36(20-22-38)39-26-32-53-49(33-39)46-16-8-10-18-52(46)56(53)42-11-3-1-4-12-42/h1-35,48,50,55,58H. The lowest BCUT2D eigenvalue weighted by molar-refractivity contribution is 0.422. The minimum absolute atomic E-state index is 0.0361. The Morgan fingerprint density at radius 2 is 0.914 bits per heavy atom. The largest absolute Gasteiger partial charge is 0.508 e. The molecule has 2 heterocycles. The van der Waals surface area contributed by atoms with Crippen molar-refractivity contribution in [3.8, 4) is 33.6 Å². The van der Waals surface area contributed by atoms with Crippen LogP contribution in [0.15, 0.2) is 218 Å². The van der Waals surface area contributed by atoms with E-state index in [0.717, 1.165) is 33.8 Å². The smallest absolute Gasteiger partial charge is 0.112 e. The molecule has 1 aliphatic carbocycles. The number of aliphatic hydroxyl groups excluding tert-OH is 1. The second-order valence-corrected chi connectivity index (χ2v) is 15.2. The fourth-order valence-corrected chi connectivity index (χ4v) is 8.97. The third kappa shape index (κ3) is 5.77.